The Hall–Kier alpha value is -1.22. The van der Waals surface area contributed by atoms with E-state index in [1.54, 1.807) is 12.1 Å². The van der Waals surface area contributed by atoms with Gasteiger partial charge in [-0.25, -0.2) is 4.39 Å². The zero-order valence-electron chi connectivity index (χ0n) is 11.4. The van der Waals surface area contributed by atoms with Crippen molar-refractivity contribution in [1.82, 2.24) is 0 Å². The van der Waals surface area contributed by atoms with Gasteiger partial charge in [0, 0.05) is 0 Å². The van der Waals surface area contributed by atoms with Gasteiger partial charge in [0.1, 0.15) is 12.4 Å². The van der Waals surface area contributed by atoms with Gasteiger partial charge in [0.25, 0.3) is 0 Å². The van der Waals surface area contributed by atoms with E-state index in [0.29, 0.717) is 5.92 Å². The lowest BCUT2D eigenvalue weighted by Gasteiger charge is -2.30. The maximum atomic E-state index is 13.5. The predicted octanol–water partition coefficient (Wildman–Crippen LogP) is 3.99. The minimum atomic E-state index is -0.466. The Labute approximate surface area is 114 Å². The molecule has 1 saturated carbocycles. The molecule has 2 atom stereocenters. The van der Waals surface area contributed by atoms with Crippen molar-refractivity contribution >= 4 is 5.78 Å². The summed E-state index contributed by atoms with van der Waals surface area (Å²) in [6.07, 6.45) is 5.85. The zero-order chi connectivity index (χ0) is 13.7. The van der Waals surface area contributed by atoms with Crippen molar-refractivity contribution in [3.8, 4) is 0 Å². The van der Waals surface area contributed by atoms with Crippen LogP contribution in [0.15, 0.2) is 24.3 Å². The number of halogens is 1. The first-order valence-corrected chi connectivity index (χ1v) is 7.11. The molecule has 1 aromatic carbocycles. The Bertz CT molecular complexity index is 431. The molecule has 1 aliphatic rings. The standard InChI is InChI=1S/C16H21FO2/c1-2-12-7-3-6-10-16(12)19-11-15(18)13-8-4-5-9-14(13)17/h4-5,8-9,12,16H,2-3,6-7,10-11H2,1H3. The Morgan fingerprint density at radius 2 is 2.05 bits per heavy atom. The Balaban J connectivity index is 1.91. The second kappa shape index (κ2) is 6.80. The molecule has 0 aromatic heterocycles. The number of rotatable bonds is 5. The number of Topliss-reactive ketones (excluding diaryl/α,β-unsaturated/α-hetero) is 1. The van der Waals surface area contributed by atoms with E-state index < -0.39 is 5.82 Å². The largest absolute Gasteiger partial charge is 0.370 e. The van der Waals surface area contributed by atoms with Crippen LogP contribution in [0.2, 0.25) is 0 Å². The summed E-state index contributed by atoms with van der Waals surface area (Å²) in [7, 11) is 0. The second-order valence-corrected chi connectivity index (χ2v) is 5.21. The van der Waals surface area contributed by atoms with Gasteiger partial charge in [0.2, 0.25) is 0 Å². The molecule has 1 fully saturated rings. The summed E-state index contributed by atoms with van der Waals surface area (Å²) in [5.74, 6) is -0.188. The molecule has 2 rings (SSSR count). The predicted molar refractivity (Wildman–Crippen MR) is 72.7 cm³/mol. The number of hydrogen-bond donors (Lipinski definition) is 0. The van der Waals surface area contributed by atoms with Crippen molar-refractivity contribution in [2.75, 3.05) is 6.61 Å². The minimum Gasteiger partial charge on any atom is -0.370 e. The molecular formula is C16H21FO2. The van der Waals surface area contributed by atoms with Crippen molar-refractivity contribution in [2.24, 2.45) is 5.92 Å². The topological polar surface area (TPSA) is 26.3 Å². The van der Waals surface area contributed by atoms with Gasteiger partial charge in [0.05, 0.1) is 11.7 Å². The maximum absolute atomic E-state index is 13.5. The van der Waals surface area contributed by atoms with E-state index in [2.05, 4.69) is 6.92 Å². The van der Waals surface area contributed by atoms with Gasteiger partial charge in [-0.1, -0.05) is 38.3 Å². The van der Waals surface area contributed by atoms with Crippen LogP contribution < -0.4 is 0 Å². The van der Waals surface area contributed by atoms with Gasteiger partial charge in [-0.15, -0.1) is 0 Å². The number of benzene rings is 1. The van der Waals surface area contributed by atoms with Crippen LogP contribution in [-0.4, -0.2) is 18.5 Å². The SMILES string of the molecule is CCC1CCCCC1OCC(=O)c1ccccc1F. The van der Waals surface area contributed by atoms with Crippen LogP contribution in [0.5, 0.6) is 0 Å². The molecule has 1 aliphatic carbocycles. The Kier molecular flexibility index (Phi) is 5.08. The highest BCUT2D eigenvalue weighted by molar-refractivity contribution is 5.97. The first-order chi connectivity index (χ1) is 9.22. The van der Waals surface area contributed by atoms with Crippen LogP contribution in [-0.2, 0) is 4.74 Å². The number of carbonyl (C=O) groups is 1. The highest BCUT2D eigenvalue weighted by Crippen LogP contribution is 2.29. The highest BCUT2D eigenvalue weighted by Gasteiger charge is 2.25. The third-order valence-electron chi connectivity index (χ3n) is 3.97. The van der Waals surface area contributed by atoms with E-state index >= 15 is 0 Å². The first kappa shape index (κ1) is 14.2. The monoisotopic (exact) mass is 264 g/mol. The Morgan fingerprint density at radius 1 is 1.32 bits per heavy atom. The van der Waals surface area contributed by atoms with Crippen molar-refractivity contribution in [2.45, 2.75) is 45.1 Å². The van der Waals surface area contributed by atoms with E-state index in [9.17, 15) is 9.18 Å². The maximum Gasteiger partial charge on any atom is 0.191 e. The van der Waals surface area contributed by atoms with E-state index in [4.69, 9.17) is 4.74 Å². The summed E-state index contributed by atoms with van der Waals surface area (Å²) in [5, 5.41) is 0. The molecule has 2 nitrogen and oxygen atoms in total. The fourth-order valence-corrected chi connectivity index (χ4v) is 2.81. The van der Waals surface area contributed by atoms with Gasteiger partial charge in [-0.2, -0.15) is 0 Å². The van der Waals surface area contributed by atoms with Gasteiger partial charge < -0.3 is 4.74 Å². The van der Waals surface area contributed by atoms with Crippen LogP contribution in [0.1, 0.15) is 49.4 Å². The molecule has 0 aliphatic heterocycles. The van der Waals surface area contributed by atoms with Crippen LogP contribution in [0.25, 0.3) is 0 Å². The number of hydrogen-bond acceptors (Lipinski definition) is 2. The summed E-state index contributed by atoms with van der Waals surface area (Å²) in [5.41, 5.74) is 0.131. The van der Waals surface area contributed by atoms with Crippen molar-refractivity contribution < 1.29 is 13.9 Å². The normalized spacial score (nSPS) is 23.3. The molecule has 19 heavy (non-hydrogen) atoms. The van der Waals surface area contributed by atoms with Crippen LogP contribution in [0, 0.1) is 11.7 Å². The zero-order valence-corrected chi connectivity index (χ0v) is 11.4. The summed E-state index contributed by atoms with van der Waals surface area (Å²) in [6, 6.07) is 6.08. The highest BCUT2D eigenvalue weighted by atomic mass is 19.1. The fourth-order valence-electron chi connectivity index (χ4n) is 2.81. The lowest BCUT2D eigenvalue weighted by atomic mass is 9.85. The van der Waals surface area contributed by atoms with Crippen molar-refractivity contribution in [3.05, 3.63) is 35.6 Å². The van der Waals surface area contributed by atoms with Gasteiger partial charge in [-0.3, -0.25) is 4.79 Å². The Morgan fingerprint density at radius 3 is 2.79 bits per heavy atom. The third kappa shape index (κ3) is 3.63. The molecule has 0 bridgehead atoms. The smallest absolute Gasteiger partial charge is 0.191 e. The lowest BCUT2D eigenvalue weighted by Crippen LogP contribution is -2.29. The fraction of sp³-hybridized carbons (Fsp3) is 0.562. The summed E-state index contributed by atoms with van der Waals surface area (Å²) < 4.78 is 19.2. The summed E-state index contributed by atoms with van der Waals surface area (Å²) in [4.78, 5) is 11.9. The van der Waals surface area contributed by atoms with Crippen molar-refractivity contribution in [1.29, 1.82) is 0 Å². The number of carbonyl (C=O) groups excluding carboxylic acids is 1. The van der Waals surface area contributed by atoms with Gasteiger partial charge in [-0.05, 0) is 30.9 Å². The molecule has 3 heteroatoms. The molecule has 0 spiro atoms. The average Bonchev–Trinajstić information content (AvgIpc) is 2.45. The van der Waals surface area contributed by atoms with Crippen LogP contribution in [0.3, 0.4) is 0 Å². The second-order valence-electron chi connectivity index (χ2n) is 5.21. The van der Waals surface area contributed by atoms with Crippen molar-refractivity contribution in [3.63, 3.8) is 0 Å². The molecule has 0 radical (unpaired) electrons. The molecule has 2 unspecified atom stereocenters. The number of ketones is 1. The molecule has 0 saturated heterocycles. The lowest BCUT2D eigenvalue weighted by molar-refractivity contribution is -0.00582. The molecule has 0 N–H and O–H groups in total. The third-order valence-corrected chi connectivity index (χ3v) is 3.97. The molecule has 1 aromatic rings. The molecule has 0 amide bonds. The molecular weight excluding hydrogens is 243 g/mol. The summed E-state index contributed by atoms with van der Waals surface area (Å²) in [6.45, 7) is 2.15. The quantitative estimate of drug-likeness (QED) is 0.751. The van der Waals surface area contributed by atoms with Crippen LogP contribution >= 0.6 is 0 Å². The first-order valence-electron chi connectivity index (χ1n) is 7.11. The summed E-state index contributed by atoms with van der Waals surface area (Å²) >= 11 is 0. The average molecular weight is 264 g/mol. The van der Waals surface area contributed by atoms with Gasteiger partial charge >= 0.3 is 0 Å². The van der Waals surface area contributed by atoms with E-state index in [-0.39, 0.29) is 24.1 Å². The van der Waals surface area contributed by atoms with E-state index in [0.717, 1.165) is 19.3 Å². The molecule has 104 valence electrons. The van der Waals surface area contributed by atoms with Gasteiger partial charge in [0.15, 0.2) is 5.78 Å². The number of ether oxygens (including phenoxy) is 1. The molecule has 0 heterocycles. The minimum absolute atomic E-state index is 0.0118. The van der Waals surface area contributed by atoms with E-state index in [1.807, 2.05) is 0 Å². The van der Waals surface area contributed by atoms with Crippen LogP contribution in [0.4, 0.5) is 4.39 Å². The van der Waals surface area contributed by atoms with E-state index in [1.165, 1.54) is 25.0 Å².